The molecule has 4 rings (SSSR count). The second kappa shape index (κ2) is 9.21. The fourth-order valence-corrected chi connectivity index (χ4v) is 4.54. The number of aromatic nitrogens is 4. The highest BCUT2D eigenvalue weighted by molar-refractivity contribution is 7.98. The number of amides is 1. The van der Waals surface area contributed by atoms with Crippen LogP contribution in [0.15, 0.2) is 53.6 Å². The summed E-state index contributed by atoms with van der Waals surface area (Å²) < 4.78 is 39.5. The summed E-state index contributed by atoms with van der Waals surface area (Å²) >= 11 is 2.19. The first-order valence-electron chi connectivity index (χ1n) is 9.42. The fraction of sp³-hybridized carbons (Fsp3) is 0.190. The Hall–Kier alpha value is -3.05. The van der Waals surface area contributed by atoms with Crippen LogP contribution < -0.4 is 5.32 Å². The van der Waals surface area contributed by atoms with Crippen LogP contribution in [0.4, 0.5) is 13.2 Å². The van der Waals surface area contributed by atoms with Crippen LogP contribution in [0.3, 0.4) is 0 Å². The second-order valence-electron chi connectivity index (χ2n) is 6.83. The molecule has 0 atom stereocenters. The Kier molecular flexibility index (Phi) is 6.38. The topological polar surface area (TPSA) is 80.7 Å². The highest BCUT2D eigenvalue weighted by Crippen LogP contribution is 2.33. The first kappa shape index (κ1) is 22.2. The van der Waals surface area contributed by atoms with Gasteiger partial charge in [-0.15, -0.1) is 10.2 Å². The van der Waals surface area contributed by atoms with Crippen LogP contribution >= 0.6 is 23.1 Å². The van der Waals surface area contributed by atoms with Gasteiger partial charge < -0.3 is 5.32 Å². The van der Waals surface area contributed by atoms with Crippen LogP contribution in [-0.2, 0) is 18.5 Å². The zero-order valence-corrected chi connectivity index (χ0v) is 18.3. The highest BCUT2D eigenvalue weighted by Gasteiger charge is 2.35. The molecule has 0 aliphatic rings. The highest BCUT2D eigenvalue weighted by atomic mass is 32.2. The Labute approximate surface area is 189 Å². The number of carbonyl (C=O) groups is 1. The zero-order chi connectivity index (χ0) is 22.7. The SMILES string of the molecule is Cc1ccc(CNC(=O)c2nnc(CSc3nc(C(F)(F)F)nc4ccccc34)s2)cc1. The maximum atomic E-state index is 13.2. The van der Waals surface area contributed by atoms with Crippen molar-refractivity contribution in [3.63, 3.8) is 0 Å². The number of benzene rings is 2. The second-order valence-corrected chi connectivity index (χ2v) is 8.85. The minimum atomic E-state index is -4.65. The van der Waals surface area contributed by atoms with E-state index >= 15 is 0 Å². The maximum absolute atomic E-state index is 13.2. The molecule has 0 saturated heterocycles. The molecule has 4 aromatic rings. The number of thioether (sulfide) groups is 1. The van der Waals surface area contributed by atoms with Crippen molar-refractivity contribution in [2.45, 2.75) is 30.4 Å². The monoisotopic (exact) mass is 475 g/mol. The zero-order valence-electron chi connectivity index (χ0n) is 16.7. The molecule has 32 heavy (non-hydrogen) atoms. The van der Waals surface area contributed by atoms with Crippen LogP contribution in [-0.4, -0.2) is 26.1 Å². The molecule has 0 aliphatic carbocycles. The number of rotatable bonds is 6. The fourth-order valence-electron chi connectivity index (χ4n) is 2.78. The van der Waals surface area contributed by atoms with Gasteiger partial charge in [-0.25, -0.2) is 9.97 Å². The van der Waals surface area contributed by atoms with Crippen molar-refractivity contribution in [2.24, 2.45) is 0 Å². The molecule has 164 valence electrons. The number of halogens is 3. The lowest BCUT2D eigenvalue weighted by Gasteiger charge is -2.09. The molecule has 0 aliphatic heterocycles. The predicted molar refractivity (Wildman–Crippen MR) is 116 cm³/mol. The standard InChI is InChI=1S/C21H16F3N5OS2/c1-12-6-8-13(9-7-12)10-25-17(30)19-29-28-16(32-19)11-31-18-14-4-2-3-5-15(14)26-20(27-18)21(22,23)24/h2-9H,10-11H2,1H3,(H,25,30). The molecule has 11 heteroatoms. The Balaban J connectivity index is 1.44. The normalized spacial score (nSPS) is 11.6. The number of nitrogens with zero attached hydrogens (tertiary/aromatic N) is 4. The number of alkyl halides is 3. The quantitative estimate of drug-likeness (QED) is 0.311. The lowest BCUT2D eigenvalue weighted by molar-refractivity contribution is -0.145. The maximum Gasteiger partial charge on any atom is 0.451 e. The summed E-state index contributed by atoms with van der Waals surface area (Å²) in [5.41, 5.74) is 2.30. The van der Waals surface area contributed by atoms with E-state index in [9.17, 15) is 18.0 Å². The van der Waals surface area contributed by atoms with Crippen molar-refractivity contribution in [1.82, 2.24) is 25.5 Å². The molecule has 0 bridgehead atoms. The number of hydrogen-bond donors (Lipinski definition) is 1. The van der Waals surface area contributed by atoms with Crippen molar-refractivity contribution in [2.75, 3.05) is 0 Å². The third kappa shape index (κ3) is 5.22. The van der Waals surface area contributed by atoms with Gasteiger partial charge in [0.1, 0.15) is 10.0 Å². The molecular formula is C21H16F3N5OS2. The molecule has 0 spiro atoms. The van der Waals surface area contributed by atoms with Gasteiger partial charge >= 0.3 is 6.18 Å². The Morgan fingerprint density at radius 1 is 1.06 bits per heavy atom. The molecule has 0 saturated carbocycles. The molecule has 2 aromatic heterocycles. The van der Waals surface area contributed by atoms with Gasteiger partial charge in [-0.3, -0.25) is 4.79 Å². The third-order valence-electron chi connectivity index (χ3n) is 4.39. The van der Waals surface area contributed by atoms with E-state index in [0.717, 1.165) is 34.2 Å². The average Bonchev–Trinajstić information content (AvgIpc) is 3.25. The van der Waals surface area contributed by atoms with Gasteiger partial charge in [-0.05, 0) is 18.6 Å². The van der Waals surface area contributed by atoms with E-state index in [0.29, 0.717) is 16.9 Å². The van der Waals surface area contributed by atoms with E-state index < -0.39 is 12.0 Å². The first-order chi connectivity index (χ1) is 15.3. The van der Waals surface area contributed by atoms with Crippen molar-refractivity contribution >= 4 is 39.9 Å². The smallest absolute Gasteiger partial charge is 0.346 e. The molecule has 0 unspecified atom stereocenters. The molecule has 1 N–H and O–H groups in total. The Bertz CT molecular complexity index is 1260. The Morgan fingerprint density at radius 2 is 1.81 bits per heavy atom. The molecule has 1 amide bonds. The summed E-state index contributed by atoms with van der Waals surface area (Å²) in [6.45, 7) is 2.34. The van der Waals surface area contributed by atoms with E-state index in [1.54, 1.807) is 18.2 Å². The van der Waals surface area contributed by atoms with Gasteiger partial charge in [-0.1, -0.05) is 71.1 Å². The lowest BCUT2D eigenvalue weighted by atomic mass is 10.1. The van der Waals surface area contributed by atoms with E-state index in [1.165, 1.54) is 6.07 Å². The van der Waals surface area contributed by atoms with E-state index in [-0.39, 0.29) is 27.2 Å². The predicted octanol–water partition coefficient (Wildman–Crippen LogP) is 5.03. The van der Waals surface area contributed by atoms with Crippen LogP contribution in [0, 0.1) is 6.92 Å². The summed E-state index contributed by atoms with van der Waals surface area (Å²) in [4.78, 5) is 19.7. The van der Waals surface area contributed by atoms with E-state index in [1.807, 2.05) is 31.2 Å². The number of carbonyl (C=O) groups excluding carboxylic acids is 1. The van der Waals surface area contributed by atoms with E-state index in [4.69, 9.17) is 0 Å². The average molecular weight is 476 g/mol. The molecule has 0 radical (unpaired) electrons. The third-order valence-corrected chi connectivity index (χ3v) is 6.50. The number of nitrogens with one attached hydrogen (secondary N) is 1. The number of fused-ring (bicyclic) bond motifs is 1. The summed E-state index contributed by atoms with van der Waals surface area (Å²) in [6, 6.07) is 14.3. The molecule has 2 heterocycles. The van der Waals surface area contributed by atoms with Gasteiger partial charge in [0.15, 0.2) is 0 Å². The van der Waals surface area contributed by atoms with Crippen LogP contribution in [0.2, 0.25) is 0 Å². The Morgan fingerprint density at radius 3 is 2.56 bits per heavy atom. The van der Waals surface area contributed by atoms with Crippen LogP contribution in [0.25, 0.3) is 10.9 Å². The summed E-state index contributed by atoms with van der Waals surface area (Å²) in [6.07, 6.45) is -4.65. The van der Waals surface area contributed by atoms with E-state index in [2.05, 4.69) is 25.5 Å². The molecular weight excluding hydrogens is 459 g/mol. The van der Waals surface area contributed by atoms with Crippen molar-refractivity contribution in [3.8, 4) is 0 Å². The number of para-hydroxylation sites is 1. The molecule has 2 aromatic carbocycles. The summed E-state index contributed by atoms with van der Waals surface area (Å²) in [5.74, 6) is -1.32. The minimum absolute atomic E-state index is 0.191. The van der Waals surface area contributed by atoms with Gasteiger partial charge in [0.05, 0.1) is 11.3 Å². The first-order valence-corrected chi connectivity index (χ1v) is 11.2. The van der Waals surface area contributed by atoms with Crippen molar-refractivity contribution < 1.29 is 18.0 Å². The van der Waals surface area contributed by atoms with Crippen molar-refractivity contribution in [3.05, 3.63) is 75.5 Å². The summed E-state index contributed by atoms with van der Waals surface area (Å²) in [7, 11) is 0. The number of aryl methyl sites for hydroxylation is 1. The van der Waals surface area contributed by atoms with Gasteiger partial charge in [-0.2, -0.15) is 13.2 Å². The van der Waals surface area contributed by atoms with Crippen LogP contribution in [0.5, 0.6) is 0 Å². The summed E-state index contributed by atoms with van der Waals surface area (Å²) in [5, 5.41) is 12.1. The molecule has 6 nitrogen and oxygen atoms in total. The van der Waals surface area contributed by atoms with Gasteiger partial charge in [0, 0.05) is 11.9 Å². The largest absolute Gasteiger partial charge is 0.451 e. The number of hydrogen-bond acceptors (Lipinski definition) is 7. The van der Waals surface area contributed by atoms with Gasteiger partial charge in [0.25, 0.3) is 5.91 Å². The van der Waals surface area contributed by atoms with Crippen molar-refractivity contribution in [1.29, 1.82) is 0 Å². The molecule has 0 fully saturated rings. The minimum Gasteiger partial charge on any atom is -0.346 e. The van der Waals surface area contributed by atoms with Gasteiger partial charge in [0.2, 0.25) is 10.8 Å². The van der Waals surface area contributed by atoms with Crippen LogP contribution in [0.1, 0.15) is 31.8 Å². The lowest BCUT2D eigenvalue weighted by Crippen LogP contribution is -2.22.